The molecule has 72 heavy (non-hydrogen) atoms. The van der Waals surface area contributed by atoms with E-state index >= 15 is 0 Å². The number of carbonyl (C=O) groups is 2. The largest absolute Gasteiger partial charge is 0.466 e. The van der Waals surface area contributed by atoms with E-state index in [2.05, 4.69) is 43.5 Å². The zero-order chi connectivity index (χ0) is 52.2. The Balaban J connectivity index is 3.38. The zero-order valence-electron chi connectivity index (χ0n) is 48.7. The van der Waals surface area contributed by atoms with Gasteiger partial charge in [-0.15, -0.1) is 0 Å². The molecule has 6 nitrogen and oxygen atoms in total. The van der Waals surface area contributed by atoms with Gasteiger partial charge < -0.3 is 20.3 Å². The average Bonchev–Trinajstić information content (AvgIpc) is 3.38. The van der Waals surface area contributed by atoms with E-state index in [1.54, 1.807) is 0 Å². The first-order valence-corrected chi connectivity index (χ1v) is 32.6. The number of allylic oxidation sites excluding steroid dienone is 4. The van der Waals surface area contributed by atoms with Crippen LogP contribution in [-0.2, 0) is 14.3 Å². The number of unbranched alkanes of at least 4 members (excludes halogenated alkanes) is 46. The molecule has 0 rings (SSSR count). The van der Waals surface area contributed by atoms with Gasteiger partial charge in [0.05, 0.1) is 25.4 Å². The first-order valence-electron chi connectivity index (χ1n) is 32.6. The van der Waals surface area contributed by atoms with Gasteiger partial charge in [-0.1, -0.05) is 295 Å². The molecule has 426 valence electrons. The number of nitrogens with one attached hydrogen (secondary N) is 1. The number of hydrogen-bond acceptors (Lipinski definition) is 5. The molecule has 3 N–H and O–H groups in total. The number of aliphatic hydroxyl groups excluding tert-OH is 2. The molecule has 2 unspecified atom stereocenters. The minimum atomic E-state index is -0.665. The van der Waals surface area contributed by atoms with Crippen molar-refractivity contribution in [3.05, 3.63) is 24.3 Å². The molecule has 0 aromatic carbocycles. The van der Waals surface area contributed by atoms with Gasteiger partial charge >= 0.3 is 5.97 Å². The van der Waals surface area contributed by atoms with Gasteiger partial charge in [0.2, 0.25) is 5.91 Å². The summed E-state index contributed by atoms with van der Waals surface area (Å²) in [4.78, 5) is 24.5. The Kier molecular flexibility index (Phi) is 60.5. The summed E-state index contributed by atoms with van der Waals surface area (Å²) in [6.07, 6.45) is 76.3. The van der Waals surface area contributed by atoms with Crippen LogP contribution < -0.4 is 5.32 Å². The van der Waals surface area contributed by atoms with Crippen LogP contribution in [0, 0.1) is 0 Å². The Morgan fingerprint density at radius 1 is 0.375 bits per heavy atom. The second-order valence-electron chi connectivity index (χ2n) is 22.4. The van der Waals surface area contributed by atoms with Gasteiger partial charge in [-0.25, -0.2) is 0 Å². The molecule has 6 heteroatoms. The van der Waals surface area contributed by atoms with Crippen molar-refractivity contribution in [2.75, 3.05) is 13.2 Å². The molecule has 2 atom stereocenters. The fourth-order valence-electron chi connectivity index (χ4n) is 10.2. The van der Waals surface area contributed by atoms with E-state index in [0.29, 0.717) is 25.9 Å². The third kappa shape index (κ3) is 57.6. The maximum absolute atomic E-state index is 12.5. The fourth-order valence-corrected chi connectivity index (χ4v) is 10.2. The maximum atomic E-state index is 12.5. The lowest BCUT2D eigenvalue weighted by atomic mass is 10.0. The number of hydrogen-bond donors (Lipinski definition) is 3. The lowest BCUT2D eigenvalue weighted by Crippen LogP contribution is -2.45. The van der Waals surface area contributed by atoms with Gasteiger partial charge in [-0.3, -0.25) is 9.59 Å². The highest BCUT2D eigenvalue weighted by molar-refractivity contribution is 5.76. The summed E-state index contributed by atoms with van der Waals surface area (Å²) in [5, 5.41) is 23.3. The summed E-state index contributed by atoms with van der Waals surface area (Å²) in [6.45, 7) is 4.96. The minimum absolute atomic E-state index is 0.00682. The number of aliphatic hydroxyl groups is 2. The second kappa shape index (κ2) is 61.9. The van der Waals surface area contributed by atoms with Crippen LogP contribution in [0.5, 0.6) is 0 Å². The molecule has 0 aliphatic carbocycles. The van der Waals surface area contributed by atoms with Gasteiger partial charge in [0.1, 0.15) is 0 Å². The summed E-state index contributed by atoms with van der Waals surface area (Å²) in [7, 11) is 0. The van der Waals surface area contributed by atoms with E-state index in [-0.39, 0.29) is 18.5 Å². The van der Waals surface area contributed by atoms with Crippen LogP contribution in [0.1, 0.15) is 361 Å². The minimum Gasteiger partial charge on any atom is -0.466 e. The molecule has 0 aliphatic rings. The zero-order valence-corrected chi connectivity index (χ0v) is 48.7. The molecule has 1 amide bonds. The lowest BCUT2D eigenvalue weighted by Gasteiger charge is -2.22. The first-order chi connectivity index (χ1) is 35.5. The van der Waals surface area contributed by atoms with Gasteiger partial charge in [-0.05, 0) is 77.0 Å². The van der Waals surface area contributed by atoms with E-state index in [1.165, 1.54) is 283 Å². The number of rotatable bonds is 61. The van der Waals surface area contributed by atoms with Crippen LogP contribution in [0.4, 0.5) is 0 Å². The van der Waals surface area contributed by atoms with Gasteiger partial charge in [-0.2, -0.15) is 0 Å². The summed E-state index contributed by atoms with van der Waals surface area (Å²) < 4.78 is 5.48. The summed E-state index contributed by atoms with van der Waals surface area (Å²) >= 11 is 0. The summed E-state index contributed by atoms with van der Waals surface area (Å²) in [6, 6.07) is -0.542. The number of esters is 1. The monoisotopic (exact) mass is 1010 g/mol. The van der Waals surface area contributed by atoms with E-state index in [9.17, 15) is 19.8 Å². The van der Waals surface area contributed by atoms with Crippen molar-refractivity contribution < 1.29 is 24.5 Å². The topological polar surface area (TPSA) is 95.9 Å². The smallest absolute Gasteiger partial charge is 0.305 e. The van der Waals surface area contributed by atoms with E-state index in [4.69, 9.17) is 4.74 Å². The average molecular weight is 1010 g/mol. The number of ether oxygens (including phenoxy) is 1. The summed E-state index contributed by atoms with van der Waals surface area (Å²) in [5.74, 6) is -0.0282. The normalized spacial score (nSPS) is 12.7. The SMILES string of the molecule is CCCCCCCC/C=C\CCCCCCCC(=O)OCCCCCCCCCCCCCC/C=C\CCCCCCCCCCCCC(=O)NC(CO)C(O)CCCCCCCCCCCCCCCC. The van der Waals surface area contributed by atoms with Crippen molar-refractivity contribution in [3.63, 3.8) is 0 Å². The van der Waals surface area contributed by atoms with Gasteiger partial charge in [0.15, 0.2) is 0 Å². The Morgan fingerprint density at radius 2 is 0.653 bits per heavy atom. The molecule has 0 saturated heterocycles. The van der Waals surface area contributed by atoms with Crippen molar-refractivity contribution in [2.24, 2.45) is 0 Å². The molecule has 0 fully saturated rings. The van der Waals surface area contributed by atoms with E-state index in [0.717, 1.165) is 44.9 Å². The van der Waals surface area contributed by atoms with Crippen LogP contribution in [0.3, 0.4) is 0 Å². The lowest BCUT2D eigenvalue weighted by molar-refractivity contribution is -0.143. The third-order valence-electron chi connectivity index (χ3n) is 15.2. The third-order valence-corrected chi connectivity index (χ3v) is 15.2. The Hall–Kier alpha value is -1.66. The standard InChI is InChI=1S/C66H127NO5/c1-3-5-7-9-11-13-15-17-31-36-40-44-48-52-56-60-66(71)72-61-57-53-49-45-41-37-33-30-28-26-24-22-20-19-21-23-25-27-29-32-35-39-43-47-51-55-59-65(70)67-63(62-68)64(69)58-54-50-46-42-38-34-18-16-14-12-10-8-6-4-2/h17,19,21,31,63-64,68-69H,3-16,18,20,22-30,32-62H2,1-2H3,(H,67,70)/b21-19-,31-17-. The van der Waals surface area contributed by atoms with Crippen LogP contribution in [0.25, 0.3) is 0 Å². The highest BCUT2D eigenvalue weighted by Gasteiger charge is 2.20. The molecule has 0 radical (unpaired) electrons. The molecule has 0 aliphatic heterocycles. The highest BCUT2D eigenvalue weighted by atomic mass is 16.5. The predicted molar refractivity (Wildman–Crippen MR) is 315 cm³/mol. The van der Waals surface area contributed by atoms with Crippen molar-refractivity contribution in [2.45, 2.75) is 373 Å². The fraction of sp³-hybridized carbons (Fsp3) is 0.909. The second-order valence-corrected chi connectivity index (χ2v) is 22.4. The van der Waals surface area contributed by atoms with Crippen LogP contribution >= 0.6 is 0 Å². The van der Waals surface area contributed by atoms with E-state index < -0.39 is 12.1 Å². The Morgan fingerprint density at radius 3 is 0.986 bits per heavy atom. The van der Waals surface area contributed by atoms with Crippen molar-refractivity contribution in [1.82, 2.24) is 5.32 Å². The molecule has 0 saturated carbocycles. The van der Waals surface area contributed by atoms with Crippen LogP contribution in [-0.4, -0.2) is 47.4 Å². The van der Waals surface area contributed by atoms with Gasteiger partial charge in [0, 0.05) is 12.8 Å². The molecule has 0 bridgehead atoms. The molecule has 0 aromatic rings. The molecule has 0 spiro atoms. The highest BCUT2D eigenvalue weighted by Crippen LogP contribution is 2.18. The van der Waals surface area contributed by atoms with Crippen molar-refractivity contribution >= 4 is 11.9 Å². The maximum Gasteiger partial charge on any atom is 0.305 e. The predicted octanol–water partition coefficient (Wildman–Crippen LogP) is 20.6. The molecule has 0 aromatic heterocycles. The number of carbonyl (C=O) groups excluding carboxylic acids is 2. The van der Waals surface area contributed by atoms with Crippen molar-refractivity contribution in [3.8, 4) is 0 Å². The van der Waals surface area contributed by atoms with Crippen LogP contribution in [0.15, 0.2) is 24.3 Å². The Labute approximate surface area is 450 Å². The van der Waals surface area contributed by atoms with E-state index in [1.807, 2.05) is 0 Å². The van der Waals surface area contributed by atoms with Crippen molar-refractivity contribution in [1.29, 1.82) is 0 Å². The molecular weight excluding hydrogens is 887 g/mol. The van der Waals surface area contributed by atoms with Crippen LogP contribution in [0.2, 0.25) is 0 Å². The Bertz CT molecular complexity index is 1120. The molecule has 0 heterocycles. The first kappa shape index (κ1) is 70.3. The number of amides is 1. The van der Waals surface area contributed by atoms with Gasteiger partial charge in [0.25, 0.3) is 0 Å². The molecular formula is C66H127NO5. The quantitative estimate of drug-likeness (QED) is 0.0320. The summed E-state index contributed by atoms with van der Waals surface area (Å²) in [5.41, 5.74) is 0.